The number of hydrogen-bond donors (Lipinski definition) is 0. The van der Waals surface area contributed by atoms with Gasteiger partial charge in [-0.3, -0.25) is 4.79 Å². The van der Waals surface area contributed by atoms with E-state index in [4.69, 9.17) is 0 Å². The minimum Gasteiger partial charge on any atom is -0.339 e. The maximum atomic E-state index is 13.3. The molecule has 0 N–H and O–H groups in total. The molecule has 3 heterocycles. The lowest BCUT2D eigenvalue weighted by atomic mass is 10.1. The first kappa shape index (κ1) is 14.7. The molecule has 3 aromatic rings. The zero-order chi connectivity index (χ0) is 16.5. The first-order valence-corrected chi connectivity index (χ1v) is 7.70. The molecular formula is C14H15FN8O. The van der Waals surface area contributed by atoms with Crippen LogP contribution in [0.5, 0.6) is 0 Å². The summed E-state index contributed by atoms with van der Waals surface area (Å²) in [5, 5.41) is 18.9. The number of carbonyl (C=O) groups excluding carboxylic acids is 1. The third-order valence-corrected chi connectivity index (χ3v) is 4.22. The van der Waals surface area contributed by atoms with Crippen molar-refractivity contribution in [3.8, 4) is 0 Å². The molecule has 10 heteroatoms. The lowest BCUT2D eigenvalue weighted by Crippen LogP contribution is -2.42. The fourth-order valence-corrected chi connectivity index (χ4v) is 3.06. The second-order valence-electron chi connectivity index (χ2n) is 5.81. The van der Waals surface area contributed by atoms with E-state index in [0.717, 1.165) is 18.4 Å². The van der Waals surface area contributed by atoms with Crippen LogP contribution in [0.1, 0.15) is 18.9 Å². The van der Waals surface area contributed by atoms with Crippen molar-refractivity contribution >= 4 is 16.9 Å². The van der Waals surface area contributed by atoms with Gasteiger partial charge in [0.05, 0.1) is 11.6 Å². The van der Waals surface area contributed by atoms with Gasteiger partial charge in [0.25, 0.3) is 0 Å². The van der Waals surface area contributed by atoms with Gasteiger partial charge in [0.1, 0.15) is 24.2 Å². The third kappa shape index (κ3) is 2.70. The van der Waals surface area contributed by atoms with E-state index >= 15 is 0 Å². The Morgan fingerprint density at radius 1 is 1.33 bits per heavy atom. The molecule has 0 radical (unpaired) electrons. The molecule has 1 fully saturated rings. The first-order chi connectivity index (χ1) is 11.7. The number of carbonyl (C=O) groups is 1. The number of tetrazole rings is 1. The van der Waals surface area contributed by atoms with Crippen molar-refractivity contribution in [2.75, 3.05) is 13.1 Å². The topological polar surface area (TPSA) is 94.6 Å². The largest absolute Gasteiger partial charge is 0.339 e. The summed E-state index contributed by atoms with van der Waals surface area (Å²) in [6.45, 7) is 1.35. The number of aromatic nitrogens is 7. The van der Waals surface area contributed by atoms with Crippen molar-refractivity contribution in [1.82, 2.24) is 40.1 Å². The summed E-state index contributed by atoms with van der Waals surface area (Å²) in [7, 11) is 0. The highest BCUT2D eigenvalue weighted by Crippen LogP contribution is 2.25. The van der Waals surface area contributed by atoms with Crippen molar-refractivity contribution in [2.45, 2.75) is 25.4 Å². The Balaban J connectivity index is 1.52. The minimum atomic E-state index is -0.337. The number of benzene rings is 1. The van der Waals surface area contributed by atoms with Crippen molar-refractivity contribution < 1.29 is 9.18 Å². The van der Waals surface area contributed by atoms with Gasteiger partial charge < -0.3 is 4.90 Å². The summed E-state index contributed by atoms with van der Waals surface area (Å²) in [6.07, 6.45) is 3.18. The van der Waals surface area contributed by atoms with Crippen molar-refractivity contribution in [2.24, 2.45) is 0 Å². The van der Waals surface area contributed by atoms with E-state index in [0.29, 0.717) is 18.6 Å². The van der Waals surface area contributed by atoms with Crippen LogP contribution in [-0.2, 0) is 11.3 Å². The number of rotatable bonds is 3. The zero-order valence-corrected chi connectivity index (χ0v) is 12.8. The molecule has 1 aliphatic rings. The summed E-state index contributed by atoms with van der Waals surface area (Å²) in [6, 6.07) is 4.45. The molecule has 0 saturated carbocycles. The van der Waals surface area contributed by atoms with E-state index < -0.39 is 0 Å². The van der Waals surface area contributed by atoms with Gasteiger partial charge in [-0.2, -0.15) is 0 Å². The Morgan fingerprint density at radius 3 is 3.08 bits per heavy atom. The minimum absolute atomic E-state index is 0.0204. The zero-order valence-electron chi connectivity index (χ0n) is 12.8. The molecule has 0 aliphatic carbocycles. The second kappa shape index (κ2) is 5.95. The number of piperidine rings is 1. The van der Waals surface area contributed by atoms with Gasteiger partial charge in [-0.05, 0) is 35.4 Å². The summed E-state index contributed by atoms with van der Waals surface area (Å²) in [5.41, 5.74) is 1.29. The smallest absolute Gasteiger partial charge is 0.244 e. The molecular weight excluding hydrogens is 315 g/mol. The molecule has 1 aliphatic heterocycles. The van der Waals surface area contributed by atoms with Gasteiger partial charge in [-0.15, -0.1) is 10.2 Å². The molecule has 2 aromatic heterocycles. The number of amides is 1. The van der Waals surface area contributed by atoms with Crippen LogP contribution >= 0.6 is 0 Å². The number of nitrogens with zero attached hydrogens (tertiary/aromatic N) is 8. The van der Waals surface area contributed by atoms with Crippen LogP contribution in [0.3, 0.4) is 0 Å². The lowest BCUT2D eigenvalue weighted by Gasteiger charge is -2.32. The fourth-order valence-electron chi connectivity index (χ4n) is 3.06. The van der Waals surface area contributed by atoms with E-state index in [-0.39, 0.29) is 24.3 Å². The monoisotopic (exact) mass is 330 g/mol. The van der Waals surface area contributed by atoms with Crippen LogP contribution < -0.4 is 0 Å². The predicted molar refractivity (Wildman–Crippen MR) is 80.2 cm³/mol. The van der Waals surface area contributed by atoms with Crippen LogP contribution in [0, 0.1) is 5.82 Å². The Labute approximate surface area is 136 Å². The molecule has 9 nitrogen and oxygen atoms in total. The van der Waals surface area contributed by atoms with Crippen LogP contribution in [0.2, 0.25) is 0 Å². The van der Waals surface area contributed by atoms with Crippen LogP contribution in [-0.4, -0.2) is 59.1 Å². The van der Waals surface area contributed by atoms with Crippen LogP contribution in [0.4, 0.5) is 4.39 Å². The fraction of sp³-hybridized carbons (Fsp3) is 0.429. The summed E-state index contributed by atoms with van der Waals surface area (Å²) < 4.78 is 16.5. The Kier molecular flexibility index (Phi) is 3.63. The molecule has 0 spiro atoms. The molecule has 0 unspecified atom stereocenters. The standard InChI is InChI=1S/C14H15FN8O/c15-10-3-4-13-12(6-10)17-19-23(13)11-2-1-5-21(7-11)14(24)8-22-9-16-18-20-22/h3-4,6,9,11H,1-2,5,7-8H2/t11-/m0/s1. The summed E-state index contributed by atoms with van der Waals surface area (Å²) in [5.74, 6) is -0.376. The van der Waals surface area contributed by atoms with Gasteiger partial charge in [-0.1, -0.05) is 5.21 Å². The Bertz CT molecular complexity index is 861. The van der Waals surface area contributed by atoms with Crippen LogP contribution in [0.15, 0.2) is 24.5 Å². The van der Waals surface area contributed by atoms with E-state index in [1.54, 1.807) is 15.6 Å². The maximum Gasteiger partial charge on any atom is 0.244 e. The molecule has 1 atom stereocenters. The van der Waals surface area contributed by atoms with Gasteiger partial charge in [0.2, 0.25) is 5.91 Å². The summed E-state index contributed by atoms with van der Waals surface area (Å²) in [4.78, 5) is 14.2. The molecule has 4 rings (SSSR count). The van der Waals surface area contributed by atoms with Gasteiger partial charge >= 0.3 is 0 Å². The van der Waals surface area contributed by atoms with E-state index in [1.807, 2.05) is 0 Å². The Morgan fingerprint density at radius 2 is 2.25 bits per heavy atom. The maximum absolute atomic E-state index is 13.3. The highest BCUT2D eigenvalue weighted by molar-refractivity contribution is 5.76. The van der Waals surface area contributed by atoms with Crippen molar-refractivity contribution in [3.63, 3.8) is 0 Å². The highest BCUT2D eigenvalue weighted by atomic mass is 19.1. The summed E-state index contributed by atoms with van der Waals surface area (Å²) >= 11 is 0. The Hall–Kier alpha value is -2.91. The van der Waals surface area contributed by atoms with Crippen LogP contribution in [0.25, 0.3) is 11.0 Å². The average Bonchev–Trinajstić information content (AvgIpc) is 3.24. The van der Waals surface area contributed by atoms with E-state index in [2.05, 4.69) is 25.8 Å². The molecule has 1 saturated heterocycles. The lowest BCUT2D eigenvalue weighted by molar-refractivity contribution is -0.133. The molecule has 0 bridgehead atoms. The second-order valence-corrected chi connectivity index (χ2v) is 5.81. The predicted octanol–water partition coefficient (Wildman–Crippen LogP) is 0.421. The number of likely N-dealkylation sites (tertiary alicyclic amines) is 1. The first-order valence-electron chi connectivity index (χ1n) is 7.70. The van der Waals surface area contributed by atoms with Gasteiger partial charge in [-0.25, -0.2) is 13.8 Å². The molecule has 1 amide bonds. The molecule has 124 valence electrons. The van der Waals surface area contributed by atoms with E-state index in [9.17, 15) is 9.18 Å². The average molecular weight is 330 g/mol. The number of halogens is 1. The van der Waals surface area contributed by atoms with E-state index in [1.165, 1.54) is 23.1 Å². The molecule has 24 heavy (non-hydrogen) atoms. The molecule has 1 aromatic carbocycles. The number of hydrogen-bond acceptors (Lipinski definition) is 6. The SMILES string of the molecule is O=C(Cn1cnnn1)N1CCC[C@H](n2nnc3cc(F)ccc32)C1. The van der Waals surface area contributed by atoms with Crippen molar-refractivity contribution in [3.05, 3.63) is 30.3 Å². The third-order valence-electron chi connectivity index (χ3n) is 4.22. The van der Waals surface area contributed by atoms with Crippen molar-refractivity contribution in [1.29, 1.82) is 0 Å². The van der Waals surface area contributed by atoms with Gasteiger partial charge in [0, 0.05) is 19.2 Å². The highest BCUT2D eigenvalue weighted by Gasteiger charge is 2.26. The normalized spacial score (nSPS) is 18.2. The quantitative estimate of drug-likeness (QED) is 0.691. The van der Waals surface area contributed by atoms with Gasteiger partial charge in [0.15, 0.2) is 0 Å². The number of fused-ring (bicyclic) bond motifs is 1.